The van der Waals surface area contributed by atoms with E-state index in [1.807, 2.05) is 72.7 Å². The summed E-state index contributed by atoms with van der Waals surface area (Å²) < 4.78 is 39.1. The van der Waals surface area contributed by atoms with Gasteiger partial charge < -0.3 is 43.4 Å². The van der Waals surface area contributed by atoms with Crippen LogP contribution in [0.1, 0.15) is 102 Å². The Morgan fingerprint density at radius 2 is 1.29 bits per heavy atom. The predicted molar refractivity (Wildman–Crippen MR) is 229 cm³/mol. The monoisotopic (exact) mass is 836 g/mol. The number of likely N-dealkylation sites (N-methyl/N-ethyl adjacent to an activating group) is 2. The second-order valence-corrected chi connectivity index (χ2v) is 17.6. The normalized spacial score (nSPS) is 14.0. The SMILES string of the molecule is CCCOCCOCCOCCOCCOc1cccc(C(C)(C)[C@@H](C(=O)N[C@H](C(=O)N(C)[C@H](/C=C(\C)C(=O)OCC)C(C)C)C(C)(C)C)N(C)C(=O)OC(C)(C)C)c1. The van der Waals surface area contributed by atoms with Crippen LogP contribution in [0.25, 0.3) is 0 Å². The van der Waals surface area contributed by atoms with Gasteiger partial charge in [0.1, 0.15) is 30.0 Å². The Kier molecular flexibility index (Phi) is 23.3. The molecule has 1 N–H and O–H groups in total. The zero-order valence-electron chi connectivity index (χ0n) is 38.9. The van der Waals surface area contributed by atoms with Crippen LogP contribution in [0.3, 0.4) is 0 Å². The van der Waals surface area contributed by atoms with Gasteiger partial charge in [-0.25, -0.2) is 9.59 Å². The number of nitrogens with one attached hydrogen (secondary N) is 1. The highest BCUT2D eigenvalue weighted by Crippen LogP contribution is 2.34. The van der Waals surface area contributed by atoms with E-state index in [9.17, 15) is 19.2 Å². The van der Waals surface area contributed by atoms with Crippen LogP contribution < -0.4 is 10.1 Å². The van der Waals surface area contributed by atoms with Gasteiger partial charge >= 0.3 is 12.1 Å². The third-order valence-electron chi connectivity index (χ3n) is 9.44. The van der Waals surface area contributed by atoms with Gasteiger partial charge in [-0.1, -0.05) is 73.6 Å². The average Bonchev–Trinajstić information content (AvgIpc) is 3.14. The molecule has 0 radical (unpaired) electrons. The second-order valence-electron chi connectivity index (χ2n) is 17.6. The average molecular weight is 836 g/mol. The summed E-state index contributed by atoms with van der Waals surface area (Å²) in [6.07, 6.45) is 2.02. The number of nitrogens with zero attached hydrogens (tertiary/aromatic N) is 2. The molecule has 0 unspecified atom stereocenters. The van der Waals surface area contributed by atoms with E-state index < -0.39 is 52.5 Å². The van der Waals surface area contributed by atoms with E-state index in [4.69, 9.17) is 33.2 Å². The molecule has 1 aromatic rings. The maximum absolute atomic E-state index is 14.7. The number of esters is 1. The topological polar surface area (TPSA) is 151 Å². The highest BCUT2D eigenvalue weighted by Gasteiger charge is 2.46. The van der Waals surface area contributed by atoms with Crippen LogP contribution in [-0.2, 0) is 48.2 Å². The molecule has 59 heavy (non-hydrogen) atoms. The lowest BCUT2D eigenvalue weighted by Gasteiger charge is -2.42. The quantitative estimate of drug-likeness (QED) is 0.0613. The number of amides is 3. The summed E-state index contributed by atoms with van der Waals surface area (Å²) in [5.74, 6) is -0.860. The largest absolute Gasteiger partial charge is 0.491 e. The summed E-state index contributed by atoms with van der Waals surface area (Å²) in [4.78, 5) is 58.1. The van der Waals surface area contributed by atoms with Gasteiger partial charge in [0.25, 0.3) is 0 Å². The Labute approximate surface area is 354 Å². The molecule has 3 atom stereocenters. The first-order valence-electron chi connectivity index (χ1n) is 20.9. The molecule has 14 heteroatoms. The van der Waals surface area contributed by atoms with Crippen LogP contribution in [-0.4, -0.2) is 138 Å². The minimum absolute atomic E-state index is 0.0682. The molecule has 0 aliphatic carbocycles. The first-order chi connectivity index (χ1) is 27.5. The van der Waals surface area contributed by atoms with E-state index in [0.717, 1.165) is 13.0 Å². The molecule has 0 aromatic heterocycles. The molecule has 3 amide bonds. The first kappa shape index (κ1) is 53.3. The lowest BCUT2D eigenvalue weighted by molar-refractivity contribution is -0.142. The van der Waals surface area contributed by atoms with Crippen LogP contribution in [0.15, 0.2) is 35.9 Å². The van der Waals surface area contributed by atoms with E-state index in [2.05, 4.69) is 12.2 Å². The maximum Gasteiger partial charge on any atom is 0.410 e. The molecular weight excluding hydrogens is 759 g/mol. The highest BCUT2D eigenvalue weighted by atomic mass is 16.6. The maximum atomic E-state index is 14.7. The molecule has 0 spiro atoms. The molecular formula is C45H77N3O11. The Morgan fingerprint density at radius 3 is 1.76 bits per heavy atom. The Morgan fingerprint density at radius 1 is 0.763 bits per heavy atom. The number of benzene rings is 1. The minimum Gasteiger partial charge on any atom is -0.491 e. The molecule has 1 rings (SSSR count). The van der Waals surface area contributed by atoms with Crippen LogP contribution in [0, 0.1) is 11.3 Å². The van der Waals surface area contributed by atoms with Crippen molar-refractivity contribution in [3.63, 3.8) is 0 Å². The first-order valence-corrected chi connectivity index (χ1v) is 20.9. The minimum atomic E-state index is -1.13. The molecule has 0 saturated heterocycles. The van der Waals surface area contributed by atoms with Gasteiger partial charge in [0.05, 0.1) is 58.9 Å². The number of rotatable bonds is 26. The molecule has 14 nitrogen and oxygen atoms in total. The fourth-order valence-corrected chi connectivity index (χ4v) is 6.24. The number of carbonyl (C=O) groups excluding carboxylic acids is 4. The van der Waals surface area contributed by atoms with E-state index in [0.29, 0.717) is 63.1 Å². The highest BCUT2D eigenvalue weighted by molar-refractivity contribution is 5.93. The smallest absolute Gasteiger partial charge is 0.410 e. The molecule has 0 heterocycles. The Hall–Kier alpha value is -3.72. The third-order valence-corrected chi connectivity index (χ3v) is 9.44. The summed E-state index contributed by atoms with van der Waals surface area (Å²) in [5.41, 5.74) is -1.50. The van der Waals surface area contributed by atoms with Gasteiger partial charge in [0, 0.05) is 31.7 Å². The standard InChI is InChI=1S/C45H77N3O11/c1-16-21-53-22-23-54-24-25-55-26-27-56-28-29-58-35-20-18-19-34(31-35)45(12,13)38(48(15)42(52)59-44(9,10)11)39(49)46-37(43(6,7)8)40(50)47(14)36(32(3)4)30-33(5)41(51)57-17-2/h18-20,30-32,36-38H,16-17,21-29H2,1-15H3,(H,46,49)/b33-30+/t36-,37-,38-/m1/s1. The van der Waals surface area contributed by atoms with Crippen molar-refractivity contribution in [1.29, 1.82) is 0 Å². The van der Waals surface area contributed by atoms with Crippen molar-refractivity contribution >= 4 is 23.9 Å². The summed E-state index contributed by atoms with van der Waals surface area (Å²) in [6.45, 7) is 28.4. The summed E-state index contributed by atoms with van der Waals surface area (Å²) in [7, 11) is 3.19. The number of carbonyl (C=O) groups is 4. The lowest BCUT2D eigenvalue weighted by atomic mass is 9.76. The van der Waals surface area contributed by atoms with Crippen LogP contribution in [0.4, 0.5) is 4.79 Å². The van der Waals surface area contributed by atoms with Crippen molar-refractivity contribution in [3.8, 4) is 5.75 Å². The molecule has 0 aliphatic rings. The lowest BCUT2D eigenvalue weighted by Crippen LogP contribution is -2.63. The summed E-state index contributed by atoms with van der Waals surface area (Å²) in [6, 6.07) is 4.74. The van der Waals surface area contributed by atoms with Gasteiger partial charge in [-0.15, -0.1) is 0 Å². The van der Waals surface area contributed by atoms with E-state index in [-0.39, 0.29) is 25.0 Å². The van der Waals surface area contributed by atoms with Crippen molar-refractivity contribution in [3.05, 3.63) is 41.5 Å². The second kappa shape index (κ2) is 25.8. The van der Waals surface area contributed by atoms with Gasteiger partial charge in [-0.05, 0) is 70.1 Å². The molecule has 0 fully saturated rings. The van der Waals surface area contributed by atoms with Crippen LogP contribution in [0.5, 0.6) is 5.75 Å². The zero-order chi connectivity index (χ0) is 45.0. The van der Waals surface area contributed by atoms with Crippen molar-refractivity contribution in [2.45, 2.75) is 126 Å². The Balaban J connectivity index is 3.25. The zero-order valence-corrected chi connectivity index (χ0v) is 38.9. The van der Waals surface area contributed by atoms with Crippen molar-refractivity contribution in [2.24, 2.45) is 11.3 Å². The van der Waals surface area contributed by atoms with Crippen molar-refractivity contribution in [1.82, 2.24) is 15.1 Å². The molecule has 1 aromatic carbocycles. The number of hydrogen-bond acceptors (Lipinski definition) is 11. The fourth-order valence-electron chi connectivity index (χ4n) is 6.24. The van der Waals surface area contributed by atoms with Gasteiger partial charge in [-0.3, -0.25) is 14.5 Å². The van der Waals surface area contributed by atoms with E-state index in [1.54, 1.807) is 52.6 Å². The molecule has 0 aliphatic heterocycles. The van der Waals surface area contributed by atoms with Crippen LogP contribution >= 0.6 is 0 Å². The molecule has 0 saturated carbocycles. The van der Waals surface area contributed by atoms with E-state index >= 15 is 0 Å². The molecule has 0 bridgehead atoms. The van der Waals surface area contributed by atoms with Gasteiger partial charge in [-0.2, -0.15) is 0 Å². The van der Waals surface area contributed by atoms with Crippen molar-refractivity contribution < 1.29 is 52.3 Å². The number of hydrogen-bond donors (Lipinski definition) is 1. The number of ether oxygens (including phenoxy) is 7. The molecule has 338 valence electrons. The van der Waals surface area contributed by atoms with Gasteiger partial charge in [0.2, 0.25) is 11.8 Å². The van der Waals surface area contributed by atoms with Crippen molar-refractivity contribution in [2.75, 3.05) is 80.2 Å². The van der Waals surface area contributed by atoms with Crippen LogP contribution in [0.2, 0.25) is 0 Å². The van der Waals surface area contributed by atoms with Gasteiger partial charge in [0.15, 0.2) is 0 Å². The van der Waals surface area contributed by atoms with E-state index in [1.165, 1.54) is 11.9 Å². The fraction of sp³-hybridized carbons (Fsp3) is 0.733. The third kappa shape index (κ3) is 19.0. The Bertz CT molecular complexity index is 1470. The summed E-state index contributed by atoms with van der Waals surface area (Å²) >= 11 is 0. The summed E-state index contributed by atoms with van der Waals surface area (Å²) in [5, 5.41) is 3.04. The predicted octanol–water partition coefficient (Wildman–Crippen LogP) is 6.58.